The van der Waals surface area contributed by atoms with Crippen molar-refractivity contribution in [3.8, 4) is 5.75 Å². The molecule has 2 rings (SSSR count). The zero-order chi connectivity index (χ0) is 14.4. The molecule has 1 amide bonds. The summed E-state index contributed by atoms with van der Waals surface area (Å²) in [7, 11) is 0. The third-order valence-corrected chi connectivity index (χ3v) is 3.81. The van der Waals surface area contributed by atoms with Gasteiger partial charge in [0.25, 0.3) is 0 Å². The van der Waals surface area contributed by atoms with Gasteiger partial charge in [-0.05, 0) is 50.9 Å². The van der Waals surface area contributed by atoms with E-state index in [1.807, 2.05) is 38.1 Å². The topological polar surface area (TPSA) is 50.4 Å². The summed E-state index contributed by atoms with van der Waals surface area (Å²) >= 11 is 0. The van der Waals surface area contributed by atoms with E-state index in [2.05, 4.69) is 10.6 Å². The first kappa shape index (κ1) is 14.9. The number of hydrogen-bond acceptors (Lipinski definition) is 3. The van der Waals surface area contributed by atoms with Gasteiger partial charge >= 0.3 is 0 Å². The molecule has 0 bridgehead atoms. The molecule has 0 aliphatic carbocycles. The SMILES string of the molecule is CCOc1cccc(CNC(=O)C2(C)CCCNC2)c1. The number of benzene rings is 1. The van der Waals surface area contributed by atoms with E-state index in [9.17, 15) is 4.79 Å². The lowest BCUT2D eigenvalue weighted by molar-refractivity contribution is -0.131. The molecule has 1 aliphatic heterocycles. The average molecular weight is 276 g/mol. The highest BCUT2D eigenvalue weighted by Crippen LogP contribution is 2.25. The molecular formula is C16H24N2O2. The van der Waals surface area contributed by atoms with Crippen LogP contribution in [0.4, 0.5) is 0 Å². The molecule has 1 aliphatic rings. The van der Waals surface area contributed by atoms with Gasteiger partial charge in [0.15, 0.2) is 0 Å². The minimum absolute atomic E-state index is 0.131. The molecule has 0 aromatic heterocycles. The summed E-state index contributed by atoms with van der Waals surface area (Å²) in [6, 6.07) is 7.87. The summed E-state index contributed by atoms with van der Waals surface area (Å²) in [6.07, 6.45) is 2.01. The Kier molecular flexibility index (Phi) is 5.01. The van der Waals surface area contributed by atoms with Crippen LogP contribution in [0.1, 0.15) is 32.3 Å². The fourth-order valence-corrected chi connectivity index (χ4v) is 2.56. The van der Waals surface area contributed by atoms with Crippen molar-refractivity contribution in [2.45, 2.75) is 33.2 Å². The first-order chi connectivity index (χ1) is 9.64. The highest BCUT2D eigenvalue weighted by Gasteiger charge is 2.34. The number of piperidine rings is 1. The van der Waals surface area contributed by atoms with Gasteiger partial charge in [-0.1, -0.05) is 12.1 Å². The smallest absolute Gasteiger partial charge is 0.227 e. The number of carbonyl (C=O) groups is 1. The minimum atomic E-state index is -0.282. The van der Waals surface area contributed by atoms with Crippen molar-refractivity contribution in [3.05, 3.63) is 29.8 Å². The number of nitrogens with one attached hydrogen (secondary N) is 2. The maximum absolute atomic E-state index is 12.3. The standard InChI is InChI=1S/C16H24N2O2/c1-3-20-14-7-4-6-13(10-14)11-18-15(19)16(2)8-5-9-17-12-16/h4,6-7,10,17H,3,5,8-9,11-12H2,1-2H3,(H,18,19). The van der Waals surface area contributed by atoms with Crippen LogP contribution in [0.15, 0.2) is 24.3 Å². The van der Waals surface area contributed by atoms with Crippen LogP contribution in [-0.4, -0.2) is 25.6 Å². The summed E-state index contributed by atoms with van der Waals surface area (Å²) in [5.74, 6) is 0.983. The maximum atomic E-state index is 12.3. The molecule has 2 N–H and O–H groups in total. The van der Waals surface area contributed by atoms with Crippen molar-refractivity contribution in [2.75, 3.05) is 19.7 Å². The Morgan fingerprint density at radius 1 is 1.50 bits per heavy atom. The molecule has 4 heteroatoms. The van der Waals surface area contributed by atoms with Gasteiger partial charge in [-0.2, -0.15) is 0 Å². The second-order valence-corrected chi connectivity index (χ2v) is 5.60. The molecule has 1 saturated heterocycles. The number of carbonyl (C=O) groups excluding carboxylic acids is 1. The molecule has 0 spiro atoms. The third-order valence-electron chi connectivity index (χ3n) is 3.81. The van der Waals surface area contributed by atoms with Gasteiger partial charge in [-0.25, -0.2) is 0 Å². The number of ether oxygens (including phenoxy) is 1. The van der Waals surface area contributed by atoms with Crippen molar-refractivity contribution in [1.29, 1.82) is 0 Å². The molecule has 1 fully saturated rings. The van der Waals surface area contributed by atoms with Gasteiger partial charge in [-0.3, -0.25) is 4.79 Å². The fourth-order valence-electron chi connectivity index (χ4n) is 2.56. The van der Waals surface area contributed by atoms with Crippen molar-refractivity contribution < 1.29 is 9.53 Å². The van der Waals surface area contributed by atoms with Crippen LogP contribution in [0.2, 0.25) is 0 Å². The molecule has 1 heterocycles. The molecule has 1 unspecified atom stereocenters. The van der Waals surface area contributed by atoms with Gasteiger partial charge in [0.2, 0.25) is 5.91 Å². The van der Waals surface area contributed by atoms with Crippen molar-refractivity contribution >= 4 is 5.91 Å². The third kappa shape index (κ3) is 3.73. The zero-order valence-electron chi connectivity index (χ0n) is 12.4. The van der Waals surface area contributed by atoms with Crippen LogP contribution < -0.4 is 15.4 Å². The van der Waals surface area contributed by atoms with Crippen LogP contribution in [0.25, 0.3) is 0 Å². The van der Waals surface area contributed by atoms with Crippen LogP contribution in [0.5, 0.6) is 5.75 Å². The molecule has 0 saturated carbocycles. The Morgan fingerprint density at radius 3 is 3.05 bits per heavy atom. The van der Waals surface area contributed by atoms with E-state index in [0.29, 0.717) is 13.2 Å². The first-order valence-corrected chi connectivity index (χ1v) is 7.35. The van der Waals surface area contributed by atoms with Gasteiger partial charge < -0.3 is 15.4 Å². The highest BCUT2D eigenvalue weighted by atomic mass is 16.5. The summed E-state index contributed by atoms with van der Waals surface area (Å²) in [5, 5.41) is 6.34. The Labute approximate surface area is 120 Å². The normalized spacial score (nSPS) is 22.3. The van der Waals surface area contributed by atoms with E-state index >= 15 is 0 Å². The van der Waals surface area contributed by atoms with Crippen molar-refractivity contribution in [2.24, 2.45) is 5.41 Å². The van der Waals surface area contributed by atoms with Crippen LogP contribution in [0, 0.1) is 5.41 Å². The lowest BCUT2D eigenvalue weighted by Gasteiger charge is -2.32. The molecule has 4 nitrogen and oxygen atoms in total. The molecule has 110 valence electrons. The van der Waals surface area contributed by atoms with Crippen molar-refractivity contribution in [1.82, 2.24) is 10.6 Å². The minimum Gasteiger partial charge on any atom is -0.494 e. The number of hydrogen-bond donors (Lipinski definition) is 2. The lowest BCUT2D eigenvalue weighted by Crippen LogP contribution is -2.48. The first-order valence-electron chi connectivity index (χ1n) is 7.35. The monoisotopic (exact) mass is 276 g/mol. The molecular weight excluding hydrogens is 252 g/mol. The van der Waals surface area contributed by atoms with Crippen LogP contribution in [-0.2, 0) is 11.3 Å². The summed E-state index contributed by atoms with van der Waals surface area (Å²) in [5.41, 5.74) is 0.784. The van der Waals surface area contributed by atoms with Gasteiger partial charge in [0.05, 0.1) is 12.0 Å². The number of amides is 1. The van der Waals surface area contributed by atoms with E-state index in [1.165, 1.54) is 0 Å². The quantitative estimate of drug-likeness (QED) is 0.866. The molecule has 1 aromatic rings. The van der Waals surface area contributed by atoms with E-state index in [0.717, 1.165) is 37.2 Å². The Bertz CT molecular complexity index is 454. The highest BCUT2D eigenvalue weighted by molar-refractivity contribution is 5.82. The fraction of sp³-hybridized carbons (Fsp3) is 0.562. The summed E-state index contributed by atoms with van der Waals surface area (Å²) in [6.45, 7) is 6.97. The largest absolute Gasteiger partial charge is 0.494 e. The van der Waals surface area contributed by atoms with Gasteiger partial charge in [0, 0.05) is 13.1 Å². The summed E-state index contributed by atoms with van der Waals surface area (Å²) < 4.78 is 5.47. The molecule has 0 radical (unpaired) electrons. The number of rotatable bonds is 5. The Hall–Kier alpha value is -1.55. The van der Waals surface area contributed by atoms with E-state index in [1.54, 1.807) is 0 Å². The molecule has 20 heavy (non-hydrogen) atoms. The Balaban J connectivity index is 1.91. The molecule has 1 atom stereocenters. The van der Waals surface area contributed by atoms with Gasteiger partial charge in [0.1, 0.15) is 5.75 Å². The predicted octanol–water partition coefficient (Wildman–Crippen LogP) is 2.09. The maximum Gasteiger partial charge on any atom is 0.227 e. The zero-order valence-corrected chi connectivity index (χ0v) is 12.4. The van der Waals surface area contributed by atoms with Crippen molar-refractivity contribution in [3.63, 3.8) is 0 Å². The van der Waals surface area contributed by atoms with E-state index < -0.39 is 0 Å². The molecule has 1 aromatic carbocycles. The summed E-state index contributed by atoms with van der Waals surface area (Å²) in [4.78, 5) is 12.3. The Morgan fingerprint density at radius 2 is 2.35 bits per heavy atom. The van der Waals surface area contributed by atoms with Crippen LogP contribution in [0.3, 0.4) is 0 Å². The predicted molar refractivity (Wildman–Crippen MR) is 79.7 cm³/mol. The van der Waals surface area contributed by atoms with Crippen LogP contribution >= 0.6 is 0 Å². The lowest BCUT2D eigenvalue weighted by atomic mass is 9.82. The van der Waals surface area contributed by atoms with Gasteiger partial charge in [-0.15, -0.1) is 0 Å². The average Bonchev–Trinajstić information content (AvgIpc) is 2.46. The second-order valence-electron chi connectivity index (χ2n) is 5.60. The van der Waals surface area contributed by atoms with E-state index in [4.69, 9.17) is 4.74 Å². The second kappa shape index (κ2) is 6.75. The van der Waals surface area contributed by atoms with E-state index in [-0.39, 0.29) is 11.3 Å².